The van der Waals surface area contributed by atoms with Gasteiger partial charge in [-0.1, -0.05) is 43.1 Å². The molecule has 90 valence electrons. The number of hydrogen-bond acceptors (Lipinski definition) is 1. The van der Waals surface area contributed by atoms with Crippen LogP contribution in [0.15, 0.2) is 0 Å². The number of hydrogen-bond donors (Lipinski definition) is 0. The average Bonchev–Trinajstić information content (AvgIpc) is 2.08. The summed E-state index contributed by atoms with van der Waals surface area (Å²) in [6.07, 6.45) is 4.22. The van der Waals surface area contributed by atoms with Crippen LogP contribution >= 0.6 is 15.9 Å². The largest absolute Gasteiger partial charge is 0.303 e. The van der Waals surface area contributed by atoms with Crippen LogP contribution < -0.4 is 0 Å². The van der Waals surface area contributed by atoms with Crippen LogP contribution in [0.4, 0.5) is 0 Å². The van der Waals surface area contributed by atoms with Crippen molar-refractivity contribution >= 4 is 15.9 Å². The number of alkyl halides is 1. The molecule has 1 nitrogen and oxygen atoms in total. The summed E-state index contributed by atoms with van der Waals surface area (Å²) in [4.78, 5) is 2.54. The molecule has 0 aromatic rings. The molecule has 1 saturated carbocycles. The highest BCUT2D eigenvalue weighted by Crippen LogP contribution is 2.43. The lowest BCUT2D eigenvalue weighted by atomic mass is 9.69. The van der Waals surface area contributed by atoms with Crippen molar-refractivity contribution in [3.8, 4) is 0 Å². The monoisotopic (exact) mass is 275 g/mol. The van der Waals surface area contributed by atoms with Gasteiger partial charge in [-0.3, -0.25) is 0 Å². The summed E-state index contributed by atoms with van der Waals surface area (Å²) in [5, 5.41) is 1.17. The van der Waals surface area contributed by atoms with Crippen molar-refractivity contribution in [3.63, 3.8) is 0 Å². The Bertz CT molecular complexity index is 198. The van der Waals surface area contributed by atoms with Crippen LogP contribution in [0, 0.1) is 10.8 Å². The Morgan fingerprint density at radius 3 is 2.13 bits per heavy atom. The number of halogens is 1. The SMILES string of the molecule is CC(N(C)CC1(CBr)CCC1)C(C)(C)C. The molecule has 0 aromatic heterocycles. The predicted molar refractivity (Wildman–Crippen MR) is 71.6 cm³/mol. The van der Waals surface area contributed by atoms with E-state index in [1.165, 1.54) is 31.1 Å². The maximum atomic E-state index is 3.68. The van der Waals surface area contributed by atoms with Crippen molar-refractivity contribution in [2.75, 3.05) is 18.9 Å². The summed E-state index contributed by atoms with van der Waals surface area (Å²) >= 11 is 3.68. The molecule has 0 amide bonds. The van der Waals surface area contributed by atoms with Crippen LogP contribution in [0.2, 0.25) is 0 Å². The molecule has 1 aliphatic carbocycles. The zero-order chi connectivity index (χ0) is 11.7. The highest BCUT2D eigenvalue weighted by molar-refractivity contribution is 9.09. The minimum Gasteiger partial charge on any atom is -0.303 e. The summed E-state index contributed by atoms with van der Waals surface area (Å²) in [7, 11) is 2.28. The molecule has 0 spiro atoms. The van der Waals surface area contributed by atoms with E-state index in [0.29, 0.717) is 16.9 Å². The Morgan fingerprint density at radius 1 is 1.33 bits per heavy atom. The van der Waals surface area contributed by atoms with Crippen LogP contribution in [0.25, 0.3) is 0 Å². The fraction of sp³-hybridized carbons (Fsp3) is 1.00. The molecule has 1 atom stereocenters. The van der Waals surface area contributed by atoms with Crippen molar-refractivity contribution in [1.82, 2.24) is 4.90 Å². The molecule has 1 unspecified atom stereocenters. The van der Waals surface area contributed by atoms with Gasteiger partial charge in [0, 0.05) is 17.9 Å². The summed E-state index contributed by atoms with van der Waals surface area (Å²) in [5.41, 5.74) is 0.959. The molecule has 0 radical (unpaired) electrons. The van der Waals surface area contributed by atoms with Gasteiger partial charge < -0.3 is 4.90 Å². The maximum Gasteiger partial charge on any atom is 0.0113 e. The second-order valence-electron chi connectivity index (χ2n) is 6.44. The molecule has 0 heterocycles. The highest BCUT2D eigenvalue weighted by atomic mass is 79.9. The van der Waals surface area contributed by atoms with Gasteiger partial charge >= 0.3 is 0 Å². The standard InChI is InChI=1S/C13H26BrN/c1-11(12(2,3)4)15(5)10-13(9-14)7-6-8-13/h11H,6-10H2,1-5H3. The molecular weight excluding hydrogens is 250 g/mol. The van der Waals surface area contributed by atoms with E-state index in [2.05, 4.69) is 55.6 Å². The van der Waals surface area contributed by atoms with E-state index in [4.69, 9.17) is 0 Å². The van der Waals surface area contributed by atoms with Crippen molar-refractivity contribution < 1.29 is 0 Å². The summed E-state index contributed by atoms with van der Waals surface area (Å²) in [5.74, 6) is 0. The Morgan fingerprint density at radius 2 is 1.87 bits per heavy atom. The first kappa shape index (κ1) is 13.5. The summed E-state index contributed by atoms with van der Waals surface area (Å²) < 4.78 is 0. The molecule has 0 N–H and O–H groups in total. The van der Waals surface area contributed by atoms with E-state index in [0.717, 1.165) is 0 Å². The first-order valence-electron chi connectivity index (χ1n) is 6.07. The topological polar surface area (TPSA) is 3.24 Å². The summed E-state index contributed by atoms with van der Waals surface area (Å²) in [6, 6.07) is 0.647. The molecule has 15 heavy (non-hydrogen) atoms. The smallest absolute Gasteiger partial charge is 0.0113 e. The van der Waals surface area contributed by atoms with E-state index in [-0.39, 0.29) is 0 Å². The van der Waals surface area contributed by atoms with E-state index < -0.39 is 0 Å². The molecule has 0 aromatic carbocycles. The van der Waals surface area contributed by atoms with Gasteiger partial charge in [0.1, 0.15) is 0 Å². The Balaban J connectivity index is 2.51. The molecule has 0 saturated heterocycles. The average molecular weight is 276 g/mol. The lowest BCUT2D eigenvalue weighted by Gasteiger charge is -2.46. The van der Waals surface area contributed by atoms with Crippen molar-refractivity contribution in [2.24, 2.45) is 10.8 Å². The van der Waals surface area contributed by atoms with Crippen LogP contribution in [-0.4, -0.2) is 29.9 Å². The third-order valence-corrected chi connectivity index (χ3v) is 5.39. The maximum absolute atomic E-state index is 3.68. The molecular formula is C13H26BrN. The van der Waals surface area contributed by atoms with Gasteiger partial charge in [-0.2, -0.15) is 0 Å². The first-order chi connectivity index (χ1) is 6.81. The molecule has 0 aliphatic heterocycles. The van der Waals surface area contributed by atoms with Gasteiger partial charge in [0.25, 0.3) is 0 Å². The number of nitrogens with zero attached hydrogens (tertiary/aromatic N) is 1. The third kappa shape index (κ3) is 3.20. The van der Waals surface area contributed by atoms with Crippen LogP contribution in [0.3, 0.4) is 0 Å². The Kier molecular flexibility index (Phi) is 4.27. The molecule has 0 bridgehead atoms. The normalized spacial score (nSPS) is 22.6. The van der Waals surface area contributed by atoms with Crippen LogP contribution in [-0.2, 0) is 0 Å². The minimum atomic E-state index is 0.381. The fourth-order valence-electron chi connectivity index (χ4n) is 2.34. The van der Waals surface area contributed by atoms with Gasteiger partial charge in [0.2, 0.25) is 0 Å². The van der Waals surface area contributed by atoms with Crippen LogP contribution in [0.5, 0.6) is 0 Å². The van der Waals surface area contributed by atoms with E-state index in [1.807, 2.05) is 0 Å². The quantitative estimate of drug-likeness (QED) is 0.703. The van der Waals surface area contributed by atoms with E-state index >= 15 is 0 Å². The lowest BCUT2D eigenvalue weighted by molar-refractivity contribution is 0.0522. The Hall–Kier alpha value is 0.440. The summed E-state index contributed by atoms with van der Waals surface area (Å²) in [6.45, 7) is 10.6. The fourth-order valence-corrected chi connectivity index (χ4v) is 3.08. The molecule has 1 fully saturated rings. The van der Waals surface area contributed by atoms with Gasteiger partial charge in [-0.25, -0.2) is 0 Å². The van der Waals surface area contributed by atoms with E-state index in [1.54, 1.807) is 0 Å². The number of rotatable bonds is 4. The van der Waals surface area contributed by atoms with Gasteiger partial charge in [0.05, 0.1) is 0 Å². The van der Waals surface area contributed by atoms with Crippen LogP contribution in [0.1, 0.15) is 47.0 Å². The van der Waals surface area contributed by atoms with E-state index in [9.17, 15) is 0 Å². The van der Waals surface area contributed by atoms with Crippen molar-refractivity contribution in [1.29, 1.82) is 0 Å². The first-order valence-corrected chi connectivity index (χ1v) is 7.19. The molecule has 1 aliphatic rings. The Labute approximate surface area is 104 Å². The third-order valence-electron chi connectivity index (χ3n) is 4.20. The second kappa shape index (κ2) is 4.75. The highest BCUT2D eigenvalue weighted by Gasteiger charge is 2.38. The van der Waals surface area contributed by atoms with Crippen molar-refractivity contribution in [3.05, 3.63) is 0 Å². The lowest BCUT2D eigenvalue weighted by Crippen LogP contribution is -2.48. The zero-order valence-electron chi connectivity index (χ0n) is 10.9. The molecule has 2 heteroatoms. The predicted octanol–water partition coefficient (Wildman–Crippen LogP) is 3.92. The minimum absolute atomic E-state index is 0.381. The second-order valence-corrected chi connectivity index (χ2v) is 7.01. The zero-order valence-corrected chi connectivity index (χ0v) is 12.5. The van der Waals surface area contributed by atoms with Gasteiger partial charge in [-0.05, 0) is 37.6 Å². The molecule has 1 rings (SSSR count). The van der Waals surface area contributed by atoms with Gasteiger partial charge in [-0.15, -0.1) is 0 Å². The van der Waals surface area contributed by atoms with Crippen molar-refractivity contribution in [2.45, 2.75) is 53.0 Å². The van der Waals surface area contributed by atoms with Gasteiger partial charge in [0.15, 0.2) is 0 Å².